The van der Waals surface area contributed by atoms with Crippen LogP contribution in [-0.2, 0) is 14.6 Å². The Morgan fingerprint density at radius 2 is 1.77 bits per heavy atom. The third-order valence-electron chi connectivity index (χ3n) is 3.61. The van der Waals surface area contributed by atoms with Gasteiger partial charge in [-0.25, -0.2) is 8.42 Å². The molecule has 0 atom stereocenters. The van der Waals surface area contributed by atoms with Crippen LogP contribution in [0.1, 0.15) is 4.88 Å². The second-order valence-electron chi connectivity index (χ2n) is 5.69. The fraction of sp³-hybridized carbons (Fsp3) is 0.0500. The number of rotatable bonds is 5. The van der Waals surface area contributed by atoms with Crippen LogP contribution in [-0.4, -0.2) is 20.6 Å². The van der Waals surface area contributed by atoms with E-state index < -0.39 is 9.84 Å². The molecule has 1 aromatic heterocycles. The fourth-order valence-corrected chi connectivity index (χ4v) is 3.93. The van der Waals surface area contributed by atoms with Crippen molar-refractivity contribution in [3.05, 3.63) is 77.7 Å². The van der Waals surface area contributed by atoms with Crippen molar-refractivity contribution < 1.29 is 13.2 Å². The van der Waals surface area contributed by atoms with Crippen LogP contribution in [0.25, 0.3) is 16.5 Å². The number of thiophene rings is 1. The van der Waals surface area contributed by atoms with E-state index in [4.69, 9.17) is 0 Å². The lowest BCUT2D eigenvalue weighted by atomic mass is 10.2. The first-order valence-corrected chi connectivity index (χ1v) is 10.6. The Bertz CT molecular complexity index is 1050. The average Bonchev–Trinajstić information content (AvgIpc) is 3.09. The van der Waals surface area contributed by atoms with Gasteiger partial charge >= 0.3 is 0 Å². The Hall–Kier alpha value is -2.70. The molecule has 4 nitrogen and oxygen atoms in total. The first-order valence-electron chi connectivity index (χ1n) is 7.86. The minimum absolute atomic E-state index is 0.171. The number of nitrogens with one attached hydrogen (secondary N) is 1. The summed E-state index contributed by atoms with van der Waals surface area (Å²) < 4.78 is 23.2. The molecule has 0 aliphatic carbocycles. The standard InChI is InChI=1S/C20H17NO3S2/c1-26(23,24)18-9-5-8-16(14-18)21-20(22)13-11-17-10-12-19(25-17)15-6-3-2-4-7-15/h2-14H,1H3,(H,21,22)/b13-11+. The van der Waals surface area contributed by atoms with Crippen molar-refractivity contribution in [1.29, 1.82) is 0 Å². The second-order valence-corrected chi connectivity index (χ2v) is 8.82. The molecular weight excluding hydrogens is 366 g/mol. The van der Waals surface area contributed by atoms with Gasteiger partial charge in [0.25, 0.3) is 0 Å². The smallest absolute Gasteiger partial charge is 0.248 e. The van der Waals surface area contributed by atoms with Crippen molar-refractivity contribution in [2.75, 3.05) is 11.6 Å². The summed E-state index contributed by atoms with van der Waals surface area (Å²) in [5, 5.41) is 2.68. The van der Waals surface area contributed by atoms with Gasteiger partial charge in [0.15, 0.2) is 9.84 Å². The predicted octanol–water partition coefficient (Wildman–Crippen LogP) is 4.47. The van der Waals surface area contributed by atoms with Crippen LogP contribution < -0.4 is 5.32 Å². The Morgan fingerprint density at radius 3 is 2.50 bits per heavy atom. The van der Waals surface area contributed by atoms with Crippen LogP contribution in [0.15, 0.2) is 77.7 Å². The summed E-state index contributed by atoms with van der Waals surface area (Å²) >= 11 is 1.59. The second kappa shape index (κ2) is 7.68. The zero-order valence-corrected chi connectivity index (χ0v) is 15.7. The van der Waals surface area contributed by atoms with E-state index in [2.05, 4.69) is 5.32 Å². The lowest BCUT2D eigenvalue weighted by Crippen LogP contribution is -2.08. The van der Waals surface area contributed by atoms with Gasteiger partial charge in [0, 0.05) is 27.8 Å². The van der Waals surface area contributed by atoms with E-state index in [0.717, 1.165) is 21.6 Å². The molecule has 3 aromatic rings. The number of carbonyl (C=O) groups is 1. The van der Waals surface area contributed by atoms with Gasteiger partial charge in [-0.15, -0.1) is 11.3 Å². The van der Waals surface area contributed by atoms with E-state index >= 15 is 0 Å². The van der Waals surface area contributed by atoms with Crippen LogP contribution >= 0.6 is 11.3 Å². The van der Waals surface area contributed by atoms with Gasteiger partial charge in [0.2, 0.25) is 5.91 Å². The minimum Gasteiger partial charge on any atom is -0.322 e. The molecule has 0 saturated heterocycles. The lowest BCUT2D eigenvalue weighted by molar-refractivity contribution is -0.111. The highest BCUT2D eigenvalue weighted by Crippen LogP contribution is 2.28. The maximum Gasteiger partial charge on any atom is 0.248 e. The van der Waals surface area contributed by atoms with Crippen molar-refractivity contribution in [2.45, 2.75) is 4.90 Å². The molecule has 0 fully saturated rings. The zero-order valence-electron chi connectivity index (χ0n) is 14.0. The number of carbonyl (C=O) groups excluding carboxylic acids is 1. The van der Waals surface area contributed by atoms with Crippen molar-refractivity contribution in [1.82, 2.24) is 0 Å². The molecule has 0 unspecified atom stereocenters. The van der Waals surface area contributed by atoms with Crippen LogP contribution in [0.5, 0.6) is 0 Å². The van der Waals surface area contributed by atoms with E-state index in [-0.39, 0.29) is 10.8 Å². The molecule has 0 saturated carbocycles. The van der Waals surface area contributed by atoms with Crippen LogP contribution in [0.3, 0.4) is 0 Å². The first kappa shape index (κ1) is 18.1. The molecule has 3 rings (SSSR count). The predicted molar refractivity (Wildman–Crippen MR) is 107 cm³/mol. The number of sulfone groups is 1. The molecule has 2 aromatic carbocycles. The largest absolute Gasteiger partial charge is 0.322 e. The van der Waals surface area contributed by atoms with Crippen LogP contribution in [0.2, 0.25) is 0 Å². The van der Waals surface area contributed by atoms with E-state index in [1.807, 2.05) is 42.5 Å². The summed E-state index contributed by atoms with van der Waals surface area (Å²) in [4.78, 5) is 14.3. The third-order valence-corrected chi connectivity index (χ3v) is 5.82. The molecular formula is C20H17NO3S2. The molecule has 0 bridgehead atoms. The summed E-state index contributed by atoms with van der Waals surface area (Å²) in [6, 6.07) is 20.2. The molecule has 0 radical (unpaired) electrons. The SMILES string of the molecule is CS(=O)(=O)c1cccc(NC(=O)/C=C/c2ccc(-c3ccccc3)s2)c1. The van der Waals surface area contributed by atoms with E-state index in [9.17, 15) is 13.2 Å². The van der Waals surface area contributed by atoms with Gasteiger partial charge in [-0.1, -0.05) is 36.4 Å². The van der Waals surface area contributed by atoms with Crippen LogP contribution in [0, 0.1) is 0 Å². The molecule has 0 aliphatic heterocycles. The summed E-state index contributed by atoms with van der Waals surface area (Å²) in [5.41, 5.74) is 1.58. The molecule has 1 amide bonds. The molecule has 0 aliphatic rings. The highest BCUT2D eigenvalue weighted by molar-refractivity contribution is 7.90. The summed E-state index contributed by atoms with van der Waals surface area (Å²) in [5.74, 6) is -0.315. The number of anilines is 1. The Kier molecular flexibility index (Phi) is 5.35. The summed E-state index contributed by atoms with van der Waals surface area (Å²) in [7, 11) is -3.31. The van der Waals surface area contributed by atoms with Crippen molar-refractivity contribution in [3.8, 4) is 10.4 Å². The monoisotopic (exact) mass is 383 g/mol. The Labute approximate surface area is 156 Å². The normalized spacial score (nSPS) is 11.6. The molecule has 26 heavy (non-hydrogen) atoms. The van der Waals surface area contributed by atoms with Gasteiger partial charge in [0.1, 0.15) is 0 Å². The van der Waals surface area contributed by atoms with E-state index in [0.29, 0.717) is 5.69 Å². The summed E-state index contributed by atoms with van der Waals surface area (Å²) in [6.07, 6.45) is 4.32. The molecule has 6 heteroatoms. The van der Waals surface area contributed by atoms with E-state index in [1.165, 1.54) is 18.2 Å². The molecule has 0 spiro atoms. The molecule has 1 N–H and O–H groups in total. The van der Waals surface area contributed by atoms with E-state index in [1.54, 1.807) is 29.5 Å². The van der Waals surface area contributed by atoms with Gasteiger partial charge < -0.3 is 5.32 Å². The molecule has 132 valence electrons. The topological polar surface area (TPSA) is 63.2 Å². The quantitative estimate of drug-likeness (QED) is 0.661. The summed E-state index contributed by atoms with van der Waals surface area (Å²) in [6.45, 7) is 0. The number of benzene rings is 2. The zero-order chi connectivity index (χ0) is 18.6. The number of hydrogen-bond acceptors (Lipinski definition) is 4. The number of amides is 1. The maximum absolute atomic E-state index is 12.1. The van der Waals surface area contributed by atoms with Gasteiger partial charge in [-0.2, -0.15) is 0 Å². The van der Waals surface area contributed by atoms with Gasteiger partial charge in [-0.3, -0.25) is 4.79 Å². The highest BCUT2D eigenvalue weighted by Gasteiger charge is 2.08. The average molecular weight is 383 g/mol. The van der Waals surface area contributed by atoms with Gasteiger partial charge in [-0.05, 0) is 42.0 Å². The third kappa shape index (κ3) is 4.68. The molecule has 1 heterocycles. The lowest BCUT2D eigenvalue weighted by Gasteiger charge is -2.04. The van der Waals surface area contributed by atoms with Gasteiger partial charge in [0.05, 0.1) is 4.90 Å². The van der Waals surface area contributed by atoms with Crippen molar-refractivity contribution in [2.24, 2.45) is 0 Å². The van der Waals surface area contributed by atoms with Crippen molar-refractivity contribution in [3.63, 3.8) is 0 Å². The van der Waals surface area contributed by atoms with Crippen molar-refractivity contribution >= 4 is 38.8 Å². The fourth-order valence-electron chi connectivity index (χ4n) is 2.35. The van der Waals surface area contributed by atoms with Crippen LogP contribution in [0.4, 0.5) is 5.69 Å². The Balaban J connectivity index is 1.68. The maximum atomic E-state index is 12.1. The highest BCUT2D eigenvalue weighted by atomic mass is 32.2. The minimum atomic E-state index is -3.31. The Morgan fingerprint density at radius 1 is 1.00 bits per heavy atom. The number of hydrogen-bond donors (Lipinski definition) is 1. The first-order chi connectivity index (χ1) is 12.4.